The first-order valence-electron chi connectivity index (χ1n) is 6.26. The topological polar surface area (TPSA) is 104 Å². The van der Waals surface area contributed by atoms with Crippen LogP contribution < -0.4 is 11.1 Å². The fourth-order valence-corrected chi connectivity index (χ4v) is 1.68. The van der Waals surface area contributed by atoms with Gasteiger partial charge in [0, 0.05) is 11.6 Å². The number of aliphatic hydroxyl groups excluding tert-OH is 2. The van der Waals surface area contributed by atoms with Gasteiger partial charge in [-0.25, -0.2) is 9.97 Å². The van der Waals surface area contributed by atoms with Gasteiger partial charge in [-0.05, 0) is 6.92 Å². The maximum absolute atomic E-state index is 9.31. The van der Waals surface area contributed by atoms with Crippen molar-refractivity contribution >= 4 is 11.6 Å². The molecule has 1 aromatic carbocycles. The number of nitrogen functional groups attached to an aromatic ring is 1. The molecule has 0 saturated heterocycles. The molecule has 0 atom stereocenters. The molecule has 1 heterocycles. The van der Waals surface area contributed by atoms with Crippen LogP contribution in [0.25, 0.3) is 11.4 Å². The number of aromatic nitrogens is 2. The molecule has 0 spiro atoms. The molecular formula is C14H18N4O2. The second kappa shape index (κ2) is 5.85. The monoisotopic (exact) mass is 274 g/mol. The van der Waals surface area contributed by atoms with Gasteiger partial charge in [0.2, 0.25) is 0 Å². The molecule has 106 valence electrons. The van der Waals surface area contributed by atoms with Crippen LogP contribution in [0.1, 0.15) is 6.92 Å². The van der Waals surface area contributed by atoms with Gasteiger partial charge in [0.25, 0.3) is 0 Å². The Balaban J connectivity index is 2.35. The zero-order chi connectivity index (χ0) is 14.6. The van der Waals surface area contributed by atoms with E-state index in [1.165, 1.54) is 0 Å². The highest BCUT2D eigenvalue weighted by atomic mass is 16.3. The van der Waals surface area contributed by atoms with Crippen LogP contribution >= 0.6 is 0 Å². The standard InChI is InChI=1S/C14H18N4O2/c1-14(8-19,9-20)18-12-7-11(15)16-13(17-12)10-5-3-2-4-6-10/h2-7,19-20H,8-9H2,1H3,(H3,15,16,17,18). The lowest BCUT2D eigenvalue weighted by atomic mass is 10.1. The maximum Gasteiger partial charge on any atom is 0.163 e. The molecule has 0 aliphatic carbocycles. The summed E-state index contributed by atoms with van der Waals surface area (Å²) in [4.78, 5) is 8.55. The van der Waals surface area contributed by atoms with Crippen LogP contribution in [-0.4, -0.2) is 38.9 Å². The molecule has 0 aliphatic heterocycles. The first-order chi connectivity index (χ1) is 9.56. The van der Waals surface area contributed by atoms with Gasteiger partial charge in [-0.3, -0.25) is 0 Å². The highest BCUT2D eigenvalue weighted by molar-refractivity contribution is 5.60. The first-order valence-corrected chi connectivity index (χ1v) is 6.26. The molecule has 0 unspecified atom stereocenters. The Labute approximate surface area is 117 Å². The summed E-state index contributed by atoms with van der Waals surface area (Å²) in [5.41, 5.74) is 5.76. The maximum atomic E-state index is 9.31. The normalized spacial score (nSPS) is 11.3. The van der Waals surface area contributed by atoms with E-state index in [1.54, 1.807) is 13.0 Å². The van der Waals surface area contributed by atoms with Crippen molar-refractivity contribution in [2.24, 2.45) is 0 Å². The van der Waals surface area contributed by atoms with E-state index in [0.717, 1.165) is 5.56 Å². The molecule has 20 heavy (non-hydrogen) atoms. The van der Waals surface area contributed by atoms with Crippen LogP contribution in [0.2, 0.25) is 0 Å². The van der Waals surface area contributed by atoms with Gasteiger partial charge in [-0.15, -0.1) is 0 Å². The predicted octanol–water partition coefficient (Wildman–Crippen LogP) is 0.881. The molecule has 0 aliphatic rings. The van der Waals surface area contributed by atoms with Gasteiger partial charge >= 0.3 is 0 Å². The average Bonchev–Trinajstić information content (AvgIpc) is 2.47. The van der Waals surface area contributed by atoms with Crippen LogP contribution in [0.4, 0.5) is 11.6 Å². The minimum absolute atomic E-state index is 0.228. The van der Waals surface area contributed by atoms with Crippen molar-refractivity contribution in [3.63, 3.8) is 0 Å². The van der Waals surface area contributed by atoms with Crippen LogP contribution in [0, 0.1) is 0 Å². The molecule has 1 aromatic heterocycles. The third-order valence-electron chi connectivity index (χ3n) is 2.91. The van der Waals surface area contributed by atoms with Gasteiger partial charge in [-0.1, -0.05) is 30.3 Å². The largest absolute Gasteiger partial charge is 0.394 e. The summed E-state index contributed by atoms with van der Waals surface area (Å²) in [6.45, 7) is 1.23. The molecule has 0 bridgehead atoms. The summed E-state index contributed by atoms with van der Waals surface area (Å²) >= 11 is 0. The zero-order valence-corrected chi connectivity index (χ0v) is 11.2. The number of hydrogen-bond donors (Lipinski definition) is 4. The average molecular weight is 274 g/mol. The fourth-order valence-electron chi connectivity index (χ4n) is 1.68. The Morgan fingerprint density at radius 1 is 1.15 bits per heavy atom. The van der Waals surface area contributed by atoms with E-state index in [-0.39, 0.29) is 13.2 Å². The molecule has 0 fully saturated rings. The number of anilines is 2. The fraction of sp³-hybridized carbons (Fsp3) is 0.286. The SMILES string of the molecule is CC(CO)(CO)Nc1cc(N)nc(-c2ccccc2)n1. The Hall–Kier alpha value is -2.18. The van der Waals surface area contributed by atoms with E-state index in [2.05, 4.69) is 15.3 Å². The molecule has 2 rings (SSSR count). The molecule has 0 radical (unpaired) electrons. The van der Waals surface area contributed by atoms with Crippen molar-refractivity contribution < 1.29 is 10.2 Å². The van der Waals surface area contributed by atoms with Crippen molar-refractivity contribution in [2.45, 2.75) is 12.5 Å². The summed E-state index contributed by atoms with van der Waals surface area (Å²) in [5.74, 6) is 1.27. The second-order valence-corrected chi connectivity index (χ2v) is 4.87. The van der Waals surface area contributed by atoms with Gasteiger partial charge in [-0.2, -0.15) is 0 Å². The van der Waals surface area contributed by atoms with Crippen molar-refractivity contribution in [2.75, 3.05) is 24.3 Å². The molecular weight excluding hydrogens is 256 g/mol. The number of aliphatic hydroxyl groups is 2. The van der Waals surface area contributed by atoms with Crippen molar-refractivity contribution in [3.8, 4) is 11.4 Å². The summed E-state index contributed by atoms with van der Waals surface area (Å²) < 4.78 is 0. The number of nitrogens with one attached hydrogen (secondary N) is 1. The lowest BCUT2D eigenvalue weighted by molar-refractivity contribution is 0.147. The van der Waals surface area contributed by atoms with Gasteiger partial charge in [0.05, 0.1) is 18.8 Å². The lowest BCUT2D eigenvalue weighted by Crippen LogP contribution is -2.42. The number of nitrogens with two attached hydrogens (primary N) is 1. The number of rotatable bonds is 5. The van der Waals surface area contributed by atoms with Crippen LogP contribution in [0.3, 0.4) is 0 Å². The van der Waals surface area contributed by atoms with E-state index < -0.39 is 5.54 Å². The van der Waals surface area contributed by atoms with Crippen LogP contribution in [-0.2, 0) is 0 Å². The first kappa shape index (κ1) is 14.2. The van der Waals surface area contributed by atoms with E-state index in [0.29, 0.717) is 17.5 Å². The smallest absolute Gasteiger partial charge is 0.163 e. The Bertz CT molecular complexity index is 571. The van der Waals surface area contributed by atoms with Crippen molar-refractivity contribution in [1.82, 2.24) is 9.97 Å². The van der Waals surface area contributed by atoms with Crippen molar-refractivity contribution in [3.05, 3.63) is 36.4 Å². The molecule has 0 saturated carbocycles. The van der Waals surface area contributed by atoms with E-state index in [4.69, 9.17) is 5.73 Å². The Kier molecular flexibility index (Phi) is 4.16. The molecule has 6 heteroatoms. The van der Waals surface area contributed by atoms with Gasteiger partial charge in [0.1, 0.15) is 11.6 Å². The Morgan fingerprint density at radius 2 is 1.80 bits per heavy atom. The summed E-state index contributed by atoms with van der Waals surface area (Å²) in [5, 5.41) is 21.6. The number of nitrogens with zero attached hydrogens (tertiary/aromatic N) is 2. The lowest BCUT2D eigenvalue weighted by Gasteiger charge is -2.27. The summed E-state index contributed by atoms with van der Waals surface area (Å²) in [6, 6.07) is 11.0. The summed E-state index contributed by atoms with van der Waals surface area (Å²) in [7, 11) is 0. The van der Waals surface area contributed by atoms with Crippen LogP contribution in [0.15, 0.2) is 36.4 Å². The van der Waals surface area contributed by atoms with Crippen molar-refractivity contribution in [1.29, 1.82) is 0 Å². The molecule has 6 nitrogen and oxygen atoms in total. The molecule has 2 aromatic rings. The Morgan fingerprint density at radius 3 is 2.40 bits per heavy atom. The van der Waals surface area contributed by atoms with Gasteiger partial charge < -0.3 is 21.3 Å². The van der Waals surface area contributed by atoms with E-state index in [9.17, 15) is 10.2 Å². The van der Waals surface area contributed by atoms with E-state index >= 15 is 0 Å². The highest BCUT2D eigenvalue weighted by Gasteiger charge is 2.23. The minimum Gasteiger partial charge on any atom is -0.394 e. The second-order valence-electron chi connectivity index (χ2n) is 4.87. The third-order valence-corrected chi connectivity index (χ3v) is 2.91. The number of benzene rings is 1. The molecule has 5 N–H and O–H groups in total. The minimum atomic E-state index is -0.866. The van der Waals surface area contributed by atoms with Gasteiger partial charge in [0.15, 0.2) is 5.82 Å². The zero-order valence-electron chi connectivity index (χ0n) is 11.2. The highest BCUT2D eigenvalue weighted by Crippen LogP contribution is 2.20. The van der Waals surface area contributed by atoms with Crippen LogP contribution in [0.5, 0.6) is 0 Å². The predicted molar refractivity (Wildman–Crippen MR) is 78.1 cm³/mol. The summed E-state index contributed by atoms with van der Waals surface area (Å²) in [6.07, 6.45) is 0. The molecule has 0 amide bonds. The third kappa shape index (κ3) is 3.23. The van der Waals surface area contributed by atoms with E-state index in [1.807, 2.05) is 30.3 Å². The quantitative estimate of drug-likeness (QED) is 0.645. The number of hydrogen-bond acceptors (Lipinski definition) is 6.